The molecule has 14 heteroatoms. The summed E-state index contributed by atoms with van der Waals surface area (Å²) in [5.74, 6) is -0.320. The number of aliphatic hydroxyl groups is 1. The Labute approximate surface area is 291 Å². The van der Waals surface area contributed by atoms with Crippen LogP contribution < -0.4 is 21.0 Å². The molecule has 2 heterocycles. The number of unbranched alkanes of at least 4 members (excludes halogenated alkanes) is 1. The highest BCUT2D eigenvalue weighted by Crippen LogP contribution is 2.44. The lowest BCUT2D eigenvalue weighted by Gasteiger charge is -2.34. The van der Waals surface area contributed by atoms with E-state index in [0.29, 0.717) is 26.1 Å². The van der Waals surface area contributed by atoms with E-state index in [-0.39, 0.29) is 31.6 Å². The van der Waals surface area contributed by atoms with Crippen molar-refractivity contribution in [3.05, 3.63) is 73.0 Å². The first-order chi connectivity index (χ1) is 23.6. The predicted molar refractivity (Wildman–Crippen MR) is 191 cm³/mol. The summed E-state index contributed by atoms with van der Waals surface area (Å²) >= 11 is 0. The molecule has 12 nitrogen and oxygen atoms in total. The van der Waals surface area contributed by atoms with Crippen LogP contribution >= 0.6 is 7.75 Å². The van der Waals surface area contributed by atoms with Crippen LogP contribution in [-0.2, 0) is 27.9 Å². The van der Waals surface area contributed by atoms with Crippen LogP contribution in [0.3, 0.4) is 0 Å². The summed E-state index contributed by atoms with van der Waals surface area (Å²) in [6.07, 6.45) is 27.3. The van der Waals surface area contributed by atoms with E-state index in [0.717, 1.165) is 44.9 Å². The smallest absolute Gasteiger partial charge is 0.387 e. The summed E-state index contributed by atoms with van der Waals surface area (Å²) < 4.78 is 44.4. The zero-order valence-electron chi connectivity index (χ0n) is 29.2. The molecule has 0 bridgehead atoms. The lowest BCUT2D eigenvalue weighted by atomic mass is 9.98. The fraction of sp³-hybridized carbons (Fsp3) is 0.600. The number of allylic oxidation sites excluding steroid dienone is 10. The Hall–Kier alpha value is -2.90. The van der Waals surface area contributed by atoms with Crippen molar-refractivity contribution >= 4 is 19.6 Å². The number of rotatable bonds is 25. The molecule has 0 saturated carbocycles. The fourth-order valence-corrected chi connectivity index (χ4v) is 5.94. The van der Waals surface area contributed by atoms with Crippen molar-refractivity contribution < 1.29 is 37.4 Å². The zero-order chi connectivity index (χ0) is 35.8. The summed E-state index contributed by atoms with van der Waals surface area (Å²) in [5, 5.41) is 21.8. The van der Waals surface area contributed by atoms with Crippen LogP contribution in [0.5, 0.6) is 0 Å². The normalized spacial score (nSPS) is 24.3. The van der Waals surface area contributed by atoms with E-state index in [2.05, 4.69) is 88.7 Å². The fourth-order valence-electron chi connectivity index (χ4n) is 4.89. The largest absolute Gasteiger partial charge is 0.405 e. The lowest BCUT2D eigenvalue weighted by Crippen LogP contribution is -2.52. The van der Waals surface area contributed by atoms with Gasteiger partial charge in [-0.15, -0.1) is 0 Å². The van der Waals surface area contributed by atoms with Crippen LogP contribution in [0, 0.1) is 0 Å². The van der Waals surface area contributed by atoms with Gasteiger partial charge in [0.25, 0.3) is 0 Å². The molecule has 0 radical (unpaired) electrons. The monoisotopic (exact) mass is 709 g/mol. The number of carbonyl (C=O) groups is 2. The molecule has 49 heavy (non-hydrogen) atoms. The molecular weight excluding hydrogens is 652 g/mol. The molecule has 5 atom stereocenters. The molecule has 0 aromatic heterocycles. The van der Waals surface area contributed by atoms with Gasteiger partial charge in [0.15, 0.2) is 11.9 Å². The number of amides is 2. The molecular formula is C35H57FN5O7P. The maximum absolute atomic E-state index is 15.3. The lowest BCUT2D eigenvalue weighted by molar-refractivity contribution is -0.122. The molecule has 0 aromatic rings. The van der Waals surface area contributed by atoms with Gasteiger partial charge >= 0.3 is 7.75 Å². The molecule has 2 aliphatic heterocycles. The first kappa shape index (κ1) is 42.3. The third-order valence-corrected chi connectivity index (χ3v) is 9.26. The van der Waals surface area contributed by atoms with Crippen LogP contribution in [0.25, 0.3) is 0 Å². The molecule has 1 saturated heterocycles. The van der Waals surface area contributed by atoms with E-state index >= 15 is 4.39 Å². The minimum Gasteiger partial charge on any atom is -0.387 e. The summed E-state index contributed by atoms with van der Waals surface area (Å²) in [5.41, 5.74) is -2.18. The van der Waals surface area contributed by atoms with Crippen LogP contribution in [0.4, 0.5) is 4.39 Å². The second kappa shape index (κ2) is 24.3. The van der Waals surface area contributed by atoms with Gasteiger partial charge in [0, 0.05) is 52.0 Å². The minimum absolute atomic E-state index is 0.00597. The first-order valence-corrected chi connectivity index (χ1v) is 18.7. The van der Waals surface area contributed by atoms with Crippen molar-refractivity contribution in [2.24, 2.45) is 0 Å². The van der Waals surface area contributed by atoms with Gasteiger partial charge in [-0.25, -0.2) is 14.0 Å². The minimum atomic E-state index is -3.76. The maximum Gasteiger partial charge on any atom is 0.405 e. The van der Waals surface area contributed by atoms with Crippen molar-refractivity contribution in [1.82, 2.24) is 25.9 Å². The van der Waals surface area contributed by atoms with Gasteiger partial charge in [-0.2, -0.15) is 0 Å². The molecule has 0 aromatic carbocycles. The Balaban J connectivity index is 1.49. The number of alkyl halides is 1. The third kappa shape index (κ3) is 17.0. The molecule has 0 spiro atoms. The average Bonchev–Trinajstić information content (AvgIpc) is 3.32. The quantitative estimate of drug-likeness (QED) is 0.0514. The number of ether oxygens (including phenoxy) is 1. The van der Waals surface area contributed by atoms with Crippen molar-refractivity contribution in [1.29, 1.82) is 0 Å². The number of hydrogen-bond acceptors (Lipinski definition) is 9. The Morgan fingerprint density at radius 1 is 1.06 bits per heavy atom. The number of halogens is 1. The molecule has 2 rings (SSSR count). The van der Waals surface area contributed by atoms with Crippen LogP contribution in [0.15, 0.2) is 73.0 Å². The summed E-state index contributed by atoms with van der Waals surface area (Å²) in [6, 6.07) is 0. The second-order valence-electron chi connectivity index (χ2n) is 11.7. The van der Waals surface area contributed by atoms with Crippen molar-refractivity contribution in [2.45, 2.75) is 89.3 Å². The third-order valence-electron chi connectivity index (χ3n) is 7.68. The Kier molecular flexibility index (Phi) is 20.9. The highest BCUT2D eigenvalue weighted by Gasteiger charge is 2.56. The number of nitrogens with one attached hydrogen (secondary N) is 4. The molecule has 1 fully saturated rings. The van der Waals surface area contributed by atoms with Crippen molar-refractivity contribution in [3.63, 3.8) is 0 Å². The van der Waals surface area contributed by atoms with Gasteiger partial charge in [-0.3, -0.25) is 14.1 Å². The average molecular weight is 710 g/mol. The van der Waals surface area contributed by atoms with Gasteiger partial charge in [0.2, 0.25) is 11.8 Å². The highest BCUT2D eigenvalue weighted by atomic mass is 31.2. The van der Waals surface area contributed by atoms with E-state index in [1.807, 2.05) is 0 Å². The number of hydrogen-bond donors (Lipinski definition) is 5. The van der Waals surface area contributed by atoms with Crippen molar-refractivity contribution in [2.75, 3.05) is 46.6 Å². The van der Waals surface area contributed by atoms with Gasteiger partial charge in [0.1, 0.15) is 12.2 Å². The summed E-state index contributed by atoms with van der Waals surface area (Å²) in [7, 11) is -2.55. The van der Waals surface area contributed by atoms with E-state index < -0.39 is 31.9 Å². The molecule has 0 aliphatic carbocycles. The molecule has 5 N–H and O–H groups in total. The van der Waals surface area contributed by atoms with Crippen LogP contribution in [-0.4, -0.2) is 92.5 Å². The topological polar surface area (TPSA) is 150 Å². The van der Waals surface area contributed by atoms with E-state index in [1.165, 1.54) is 31.2 Å². The van der Waals surface area contributed by atoms with E-state index in [4.69, 9.17) is 13.8 Å². The van der Waals surface area contributed by atoms with E-state index in [9.17, 15) is 19.3 Å². The standard InChI is InChI=1S/C35H57FN5O7P/c1-4-5-6-7-8-9-10-11-12-13-14-15-16-17-18-19-20-21-31(42)38-25-23-37-24-26-40-49(45,46-3)47-28-30-33(44)35(2,36)34(48-30)41-27-22-32(43)39-29-41/h5-6,8-9,11-12,14-15,17-18,22,27,30,33-34,37,44H,4,7,10,13,16,19-21,23-26,28-29H2,1-3H3,(H,38,42)(H,39,43)(H,40,45). The van der Waals surface area contributed by atoms with Crippen molar-refractivity contribution in [3.8, 4) is 0 Å². The van der Waals surface area contributed by atoms with Crippen LogP contribution in [0.1, 0.15) is 65.2 Å². The molecule has 2 amide bonds. The summed E-state index contributed by atoms with van der Waals surface area (Å²) in [4.78, 5) is 24.9. The molecule has 276 valence electrons. The maximum atomic E-state index is 15.3. The molecule has 2 aliphatic rings. The number of carbonyl (C=O) groups excluding carboxylic acids is 2. The van der Waals surface area contributed by atoms with Crippen LogP contribution in [0.2, 0.25) is 0 Å². The SMILES string of the molecule is CCC=CCC=CCC=CCC=CCC=CCCCC(=O)NCCNCCNP(=O)(OC)OCC1OC(N2C=CC(=O)NC2)C(C)(F)C1O. The van der Waals surface area contributed by atoms with E-state index in [1.54, 1.807) is 0 Å². The molecule has 5 unspecified atom stereocenters. The number of aliphatic hydroxyl groups excluding tert-OH is 1. The first-order valence-electron chi connectivity index (χ1n) is 17.1. The Bertz CT molecular complexity index is 1210. The predicted octanol–water partition coefficient (Wildman–Crippen LogP) is 4.69. The van der Waals surface area contributed by atoms with Gasteiger partial charge < -0.3 is 35.2 Å². The van der Waals surface area contributed by atoms with Gasteiger partial charge in [-0.1, -0.05) is 67.7 Å². The second-order valence-corrected chi connectivity index (χ2v) is 13.7. The zero-order valence-corrected chi connectivity index (χ0v) is 30.1. The van der Waals surface area contributed by atoms with Gasteiger partial charge in [-0.05, 0) is 51.9 Å². The Morgan fingerprint density at radius 2 is 1.67 bits per heavy atom. The highest BCUT2D eigenvalue weighted by molar-refractivity contribution is 7.51. The Morgan fingerprint density at radius 3 is 2.27 bits per heavy atom. The summed E-state index contributed by atoms with van der Waals surface area (Å²) in [6.45, 7) is 4.57. The number of nitrogens with zero attached hydrogens (tertiary/aromatic N) is 1. The van der Waals surface area contributed by atoms with Gasteiger partial charge in [0.05, 0.1) is 13.3 Å².